The van der Waals surface area contributed by atoms with Gasteiger partial charge in [0.2, 0.25) is 5.91 Å². The highest BCUT2D eigenvalue weighted by Gasteiger charge is 2.27. The molecule has 29 heavy (non-hydrogen) atoms. The molecule has 0 aliphatic carbocycles. The van der Waals surface area contributed by atoms with Gasteiger partial charge in [-0.3, -0.25) is 14.6 Å². The first-order valence-corrected chi connectivity index (χ1v) is 11.9. The van der Waals surface area contributed by atoms with Gasteiger partial charge in [0, 0.05) is 37.6 Å². The van der Waals surface area contributed by atoms with Crippen molar-refractivity contribution in [3.63, 3.8) is 0 Å². The van der Waals surface area contributed by atoms with Crippen molar-refractivity contribution in [1.82, 2.24) is 15.1 Å². The number of carbonyl (C=O) groups excluding carboxylic acids is 1. The van der Waals surface area contributed by atoms with Gasteiger partial charge >= 0.3 is 0 Å². The molecule has 1 aromatic heterocycles. The number of hydrogen-bond donors (Lipinski definition) is 1. The Morgan fingerprint density at radius 2 is 1.76 bits per heavy atom. The van der Waals surface area contributed by atoms with E-state index in [2.05, 4.69) is 63.0 Å². The molecule has 4 nitrogen and oxygen atoms in total. The number of hydrogen-bond acceptors (Lipinski definition) is 4. The van der Waals surface area contributed by atoms with Crippen LogP contribution in [0.5, 0.6) is 0 Å². The fraction of sp³-hybridized carbons (Fsp3) is 0.542. The lowest BCUT2D eigenvalue weighted by Crippen LogP contribution is -2.45. The molecule has 3 heterocycles. The number of piperidine rings is 2. The lowest BCUT2D eigenvalue weighted by Gasteiger charge is -2.34. The molecule has 0 saturated carbocycles. The summed E-state index contributed by atoms with van der Waals surface area (Å²) in [7, 11) is 0. The van der Waals surface area contributed by atoms with Crippen molar-refractivity contribution in [1.29, 1.82) is 0 Å². The summed E-state index contributed by atoms with van der Waals surface area (Å²) in [5, 5.41) is 5.45. The van der Waals surface area contributed by atoms with Crippen molar-refractivity contribution in [2.45, 2.75) is 38.8 Å². The quantitative estimate of drug-likeness (QED) is 0.748. The van der Waals surface area contributed by atoms with Crippen LogP contribution in [0.2, 0.25) is 0 Å². The van der Waals surface area contributed by atoms with Crippen LogP contribution in [-0.2, 0) is 17.9 Å². The number of amides is 1. The van der Waals surface area contributed by atoms with E-state index in [4.69, 9.17) is 0 Å². The number of thiophene rings is 1. The topological polar surface area (TPSA) is 35.6 Å². The average Bonchev–Trinajstić information content (AvgIpc) is 3.26. The average molecular weight is 412 g/mol. The Morgan fingerprint density at radius 3 is 2.55 bits per heavy atom. The van der Waals surface area contributed by atoms with Crippen molar-refractivity contribution in [3.05, 3.63) is 58.3 Å². The number of rotatable bonds is 7. The third-order valence-electron chi connectivity index (χ3n) is 6.25. The maximum atomic E-state index is 12.8. The fourth-order valence-corrected chi connectivity index (χ4v) is 5.47. The molecule has 2 fully saturated rings. The second-order valence-corrected chi connectivity index (χ2v) is 9.66. The molecule has 2 saturated heterocycles. The van der Waals surface area contributed by atoms with Crippen LogP contribution >= 0.6 is 11.3 Å². The summed E-state index contributed by atoms with van der Waals surface area (Å²) < 4.78 is 0. The van der Waals surface area contributed by atoms with E-state index >= 15 is 0 Å². The number of carbonyl (C=O) groups is 1. The van der Waals surface area contributed by atoms with E-state index in [1.54, 1.807) is 0 Å². The van der Waals surface area contributed by atoms with E-state index in [1.165, 1.54) is 29.8 Å². The smallest absolute Gasteiger partial charge is 0.224 e. The molecule has 2 unspecified atom stereocenters. The first kappa shape index (κ1) is 20.6. The Labute approximate surface area is 178 Å². The maximum absolute atomic E-state index is 12.8. The molecule has 2 atom stereocenters. The molecule has 156 valence electrons. The van der Waals surface area contributed by atoms with E-state index in [0.717, 1.165) is 52.1 Å². The lowest BCUT2D eigenvalue weighted by molar-refractivity contribution is -0.127. The number of likely N-dealkylation sites (tertiary alicyclic amines) is 2. The van der Waals surface area contributed by atoms with E-state index in [9.17, 15) is 4.79 Å². The number of nitrogens with zero attached hydrogens (tertiary/aromatic N) is 2. The van der Waals surface area contributed by atoms with Crippen molar-refractivity contribution >= 4 is 17.2 Å². The number of benzene rings is 1. The molecular formula is C24H33N3OS. The van der Waals surface area contributed by atoms with Crippen LogP contribution in [0.1, 0.15) is 36.1 Å². The van der Waals surface area contributed by atoms with Crippen molar-refractivity contribution in [2.24, 2.45) is 11.8 Å². The van der Waals surface area contributed by atoms with Gasteiger partial charge in [-0.1, -0.05) is 36.4 Å². The molecule has 1 N–H and O–H groups in total. The van der Waals surface area contributed by atoms with Crippen LogP contribution in [-0.4, -0.2) is 48.4 Å². The zero-order valence-electron chi connectivity index (χ0n) is 17.3. The van der Waals surface area contributed by atoms with Crippen LogP contribution in [0.4, 0.5) is 0 Å². The maximum Gasteiger partial charge on any atom is 0.224 e. The minimum Gasteiger partial charge on any atom is -0.355 e. The fourth-order valence-electron chi connectivity index (χ4n) is 4.73. The Kier molecular flexibility index (Phi) is 7.36. The molecule has 1 aromatic carbocycles. The first-order valence-electron chi connectivity index (χ1n) is 11.0. The third-order valence-corrected chi connectivity index (χ3v) is 7.11. The van der Waals surface area contributed by atoms with E-state index in [-0.39, 0.29) is 11.8 Å². The Hall–Kier alpha value is -1.69. The highest BCUT2D eigenvalue weighted by Crippen LogP contribution is 2.21. The molecule has 0 bridgehead atoms. The van der Waals surface area contributed by atoms with E-state index in [1.807, 2.05) is 11.3 Å². The van der Waals surface area contributed by atoms with Crippen LogP contribution < -0.4 is 5.32 Å². The van der Waals surface area contributed by atoms with Gasteiger partial charge in [-0.05, 0) is 61.7 Å². The molecule has 0 radical (unpaired) electrons. The third kappa shape index (κ3) is 6.14. The molecule has 2 aliphatic heterocycles. The number of nitrogens with one attached hydrogen (secondary N) is 1. The second kappa shape index (κ2) is 10.4. The molecule has 5 heteroatoms. The van der Waals surface area contributed by atoms with Gasteiger partial charge in [-0.15, -0.1) is 11.3 Å². The van der Waals surface area contributed by atoms with Gasteiger partial charge in [-0.2, -0.15) is 0 Å². The van der Waals surface area contributed by atoms with Gasteiger partial charge in [0.25, 0.3) is 0 Å². The summed E-state index contributed by atoms with van der Waals surface area (Å²) in [4.78, 5) is 19.3. The molecule has 4 rings (SSSR count). The van der Waals surface area contributed by atoms with Crippen LogP contribution in [0, 0.1) is 11.8 Å². The standard InChI is InChI=1S/C24H33N3OS/c28-24(22-10-5-13-26(18-22)16-20-7-2-1-3-8-20)25-15-21-9-4-12-27(17-21)19-23-11-6-14-29-23/h1-3,6-8,11,14,21-22H,4-5,9-10,12-13,15-19H2,(H,25,28). The zero-order chi connectivity index (χ0) is 19.9. The predicted octanol–water partition coefficient (Wildman–Crippen LogP) is 3.99. The minimum atomic E-state index is 0.137. The summed E-state index contributed by atoms with van der Waals surface area (Å²) in [6, 6.07) is 14.9. The Bertz CT molecular complexity index is 749. The van der Waals surface area contributed by atoms with Crippen LogP contribution in [0.3, 0.4) is 0 Å². The van der Waals surface area contributed by atoms with E-state index < -0.39 is 0 Å². The van der Waals surface area contributed by atoms with E-state index in [0.29, 0.717) is 5.92 Å². The van der Waals surface area contributed by atoms with Crippen molar-refractivity contribution in [3.8, 4) is 0 Å². The highest BCUT2D eigenvalue weighted by molar-refractivity contribution is 7.09. The Morgan fingerprint density at radius 1 is 0.966 bits per heavy atom. The minimum absolute atomic E-state index is 0.137. The van der Waals surface area contributed by atoms with Gasteiger partial charge in [0.05, 0.1) is 5.92 Å². The summed E-state index contributed by atoms with van der Waals surface area (Å²) in [6.45, 7) is 7.09. The molecule has 2 aliphatic rings. The van der Waals surface area contributed by atoms with Crippen molar-refractivity contribution < 1.29 is 4.79 Å². The molecule has 0 spiro atoms. The van der Waals surface area contributed by atoms with Gasteiger partial charge in [0.15, 0.2) is 0 Å². The highest BCUT2D eigenvalue weighted by atomic mass is 32.1. The second-order valence-electron chi connectivity index (χ2n) is 8.63. The molecule has 1 amide bonds. The summed E-state index contributed by atoms with van der Waals surface area (Å²) in [5.41, 5.74) is 1.33. The van der Waals surface area contributed by atoms with Gasteiger partial charge in [0.1, 0.15) is 0 Å². The van der Waals surface area contributed by atoms with Crippen LogP contribution in [0.25, 0.3) is 0 Å². The lowest BCUT2D eigenvalue weighted by atomic mass is 9.95. The zero-order valence-corrected chi connectivity index (χ0v) is 18.1. The van der Waals surface area contributed by atoms with Crippen LogP contribution in [0.15, 0.2) is 47.8 Å². The molecule has 2 aromatic rings. The molecular weight excluding hydrogens is 378 g/mol. The summed E-state index contributed by atoms with van der Waals surface area (Å²) in [5.74, 6) is 0.980. The Balaban J connectivity index is 1.21. The summed E-state index contributed by atoms with van der Waals surface area (Å²) in [6.07, 6.45) is 4.60. The van der Waals surface area contributed by atoms with Crippen molar-refractivity contribution in [2.75, 3.05) is 32.7 Å². The van der Waals surface area contributed by atoms with Gasteiger partial charge < -0.3 is 5.32 Å². The SMILES string of the molecule is O=C(NCC1CCCN(Cc2cccs2)C1)C1CCCN(Cc2ccccc2)C1. The summed E-state index contributed by atoms with van der Waals surface area (Å²) >= 11 is 1.84. The monoisotopic (exact) mass is 411 g/mol. The predicted molar refractivity (Wildman–Crippen MR) is 120 cm³/mol. The first-order chi connectivity index (χ1) is 14.3. The van der Waals surface area contributed by atoms with Gasteiger partial charge in [-0.25, -0.2) is 0 Å². The normalized spacial score (nSPS) is 23.7. The largest absolute Gasteiger partial charge is 0.355 e.